The Morgan fingerprint density at radius 3 is 2.71 bits per heavy atom. The lowest BCUT2D eigenvalue weighted by atomic mass is 9.70. The van der Waals surface area contributed by atoms with Crippen LogP contribution in [0.5, 0.6) is 0 Å². The second-order valence-corrected chi connectivity index (χ2v) is 9.44. The van der Waals surface area contributed by atoms with Crippen LogP contribution in [0.25, 0.3) is 10.8 Å². The number of aliphatic hydroxyl groups excluding tert-OH is 1. The molecular weight excluding hydrogens is 436 g/mol. The van der Waals surface area contributed by atoms with Crippen LogP contribution in [0.15, 0.2) is 55.1 Å². The number of amides is 2. The van der Waals surface area contributed by atoms with E-state index in [2.05, 4.69) is 6.58 Å². The normalized spacial score (nSPS) is 30.4. The van der Waals surface area contributed by atoms with Crippen molar-refractivity contribution in [2.24, 2.45) is 11.8 Å². The fourth-order valence-corrected chi connectivity index (χ4v) is 6.16. The second-order valence-electron chi connectivity index (χ2n) is 9.44. The van der Waals surface area contributed by atoms with Gasteiger partial charge in [-0.25, -0.2) is 0 Å². The average molecular weight is 465 g/mol. The van der Waals surface area contributed by atoms with E-state index in [0.29, 0.717) is 18.5 Å². The predicted octanol–water partition coefficient (Wildman–Crippen LogP) is 2.20. The van der Waals surface area contributed by atoms with Gasteiger partial charge in [0.1, 0.15) is 11.6 Å². The van der Waals surface area contributed by atoms with Crippen molar-refractivity contribution >= 4 is 34.2 Å². The van der Waals surface area contributed by atoms with E-state index in [-0.39, 0.29) is 19.1 Å². The molecule has 3 saturated heterocycles. The van der Waals surface area contributed by atoms with E-state index in [4.69, 9.17) is 4.74 Å². The number of aliphatic carboxylic acids is 1. The molecule has 8 heteroatoms. The molecule has 178 valence electrons. The minimum atomic E-state index is -1.22. The molecule has 2 aromatic rings. The molecule has 0 radical (unpaired) electrons. The molecule has 0 aliphatic carbocycles. The van der Waals surface area contributed by atoms with E-state index in [1.807, 2.05) is 42.5 Å². The number of carbonyl (C=O) groups is 3. The topological polar surface area (TPSA) is 107 Å². The molecule has 0 aromatic heterocycles. The number of rotatable bonds is 7. The number of fused-ring (bicyclic) bond motifs is 2. The summed E-state index contributed by atoms with van der Waals surface area (Å²) >= 11 is 0. The van der Waals surface area contributed by atoms with E-state index in [9.17, 15) is 24.6 Å². The molecule has 1 spiro atoms. The minimum Gasteiger partial charge on any atom is -0.481 e. The summed E-state index contributed by atoms with van der Waals surface area (Å²) in [6, 6.07) is 11.8. The minimum absolute atomic E-state index is 0.204. The molecule has 2 N–H and O–H groups in total. The zero-order chi connectivity index (χ0) is 24.2. The number of carbonyl (C=O) groups excluding carboxylic acids is 2. The Kier molecular flexibility index (Phi) is 5.45. The Morgan fingerprint density at radius 1 is 1.29 bits per heavy atom. The van der Waals surface area contributed by atoms with Crippen molar-refractivity contribution in [3.8, 4) is 0 Å². The van der Waals surface area contributed by atoms with Crippen LogP contribution >= 0.6 is 0 Å². The van der Waals surface area contributed by atoms with Crippen molar-refractivity contribution in [1.82, 2.24) is 4.90 Å². The van der Waals surface area contributed by atoms with Gasteiger partial charge in [-0.1, -0.05) is 36.4 Å². The molecule has 0 saturated carbocycles. The van der Waals surface area contributed by atoms with E-state index in [1.54, 1.807) is 17.9 Å². The van der Waals surface area contributed by atoms with Crippen LogP contribution in [-0.4, -0.2) is 69.8 Å². The van der Waals surface area contributed by atoms with Gasteiger partial charge in [-0.3, -0.25) is 14.4 Å². The number of anilines is 1. The first-order valence-electron chi connectivity index (χ1n) is 11.6. The summed E-state index contributed by atoms with van der Waals surface area (Å²) in [6.07, 6.45) is 1.92. The van der Waals surface area contributed by atoms with Crippen molar-refractivity contribution < 1.29 is 29.3 Å². The quantitative estimate of drug-likeness (QED) is 0.609. The summed E-state index contributed by atoms with van der Waals surface area (Å²) < 4.78 is 6.22. The first kappa shape index (κ1) is 22.6. The van der Waals surface area contributed by atoms with Crippen molar-refractivity contribution in [3.05, 3.63) is 55.1 Å². The Bertz CT molecular complexity index is 1180. The molecule has 8 nitrogen and oxygen atoms in total. The Morgan fingerprint density at radius 2 is 2.03 bits per heavy atom. The third-order valence-electron chi connectivity index (χ3n) is 7.62. The van der Waals surface area contributed by atoms with E-state index < -0.39 is 47.5 Å². The Balaban J connectivity index is 1.61. The SMILES string of the molecule is C=CCN(C(=O)[C@@H]1N([C@H](C)CO)C(=O)[C@H]2[C@H](C(=O)O)[C@@H]3CC[C@]12O3)c1ccc2ccccc2c1. The highest BCUT2D eigenvalue weighted by Crippen LogP contribution is 2.59. The molecule has 34 heavy (non-hydrogen) atoms. The highest BCUT2D eigenvalue weighted by Gasteiger charge is 2.75. The molecule has 5 rings (SSSR count). The summed E-state index contributed by atoms with van der Waals surface area (Å²) in [5.41, 5.74) is -0.573. The van der Waals surface area contributed by atoms with Crippen LogP contribution in [0.4, 0.5) is 5.69 Å². The molecule has 3 fully saturated rings. The van der Waals surface area contributed by atoms with Crippen molar-refractivity contribution in [3.63, 3.8) is 0 Å². The highest BCUT2D eigenvalue weighted by atomic mass is 16.5. The van der Waals surface area contributed by atoms with Gasteiger partial charge < -0.3 is 24.7 Å². The Labute approximate surface area is 197 Å². The number of carboxylic acids is 1. The fraction of sp³-hybridized carbons (Fsp3) is 0.423. The number of ether oxygens (including phenoxy) is 1. The molecule has 2 aromatic carbocycles. The van der Waals surface area contributed by atoms with Crippen molar-refractivity contribution in [1.29, 1.82) is 0 Å². The second kappa shape index (κ2) is 8.21. The number of nitrogens with zero attached hydrogens (tertiary/aromatic N) is 2. The molecule has 0 unspecified atom stereocenters. The summed E-state index contributed by atoms with van der Waals surface area (Å²) in [5.74, 6) is -3.84. The molecule has 3 aliphatic heterocycles. The van der Waals surface area contributed by atoms with Gasteiger partial charge in [0.25, 0.3) is 5.91 Å². The van der Waals surface area contributed by atoms with Crippen LogP contribution in [-0.2, 0) is 19.1 Å². The Hall–Kier alpha value is -3.23. The molecule has 3 aliphatic rings. The van der Waals surface area contributed by atoms with Gasteiger partial charge in [0.05, 0.1) is 30.6 Å². The average Bonchev–Trinajstić information content (AvgIpc) is 3.48. The number of hydrogen-bond acceptors (Lipinski definition) is 5. The number of benzene rings is 2. The van der Waals surface area contributed by atoms with Crippen molar-refractivity contribution in [2.45, 2.75) is 43.6 Å². The molecule has 2 amide bonds. The monoisotopic (exact) mass is 464 g/mol. The molecule has 3 heterocycles. The smallest absolute Gasteiger partial charge is 0.310 e. The zero-order valence-electron chi connectivity index (χ0n) is 19.0. The van der Waals surface area contributed by atoms with E-state index in [1.165, 1.54) is 4.90 Å². The van der Waals surface area contributed by atoms with Crippen LogP contribution in [0.1, 0.15) is 19.8 Å². The number of aliphatic hydroxyl groups is 1. The molecule has 2 bridgehead atoms. The summed E-state index contributed by atoms with van der Waals surface area (Å²) in [6.45, 7) is 5.32. The lowest BCUT2D eigenvalue weighted by Gasteiger charge is -2.38. The zero-order valence-corrected chi connectivity index (χ0v) is 19.0. The third kappa shape index (κ3) is 3.09. The van der Waals surface area contributed by atoms with E-state index in [0.717, 1.165) is 10.8 Å². The van der Waals surface area contributed by atoms with Gasteiger partial charge in [0.2, 0.25) is 5.91 Å². The highest BCUT2D eigenvalue weighted by molar-refractivity contribution is 6.05. The van der Waals surface area contributed by atoms with Gasteiger partial charge in [-0.2, -0.15) is 0 Å². The predicted molar refractivity (Wildman–Crippen MR) is 125 cm³/mol. The third-order valence-corrected chi connectivity index (χ3v) is 7.62. The maximum atomic E-state index is 14.2. The van der Waals surface area contributed by atoms with Gasteiger partial charge in [-0.15, -0.1) is 6.58 Å². The van der Waals surface area contributed by atoms with Gasteiger partial charge >= 0.3 is 5.97 Å². The number of hydrogen-bond donors (Lipinski definition) is 2. The van der Waals surface area contributed by atoms with E-state index >= 15 is 0 Å². The number of likely N-dealkylation sites (tertiary alicyclic amines) is 1. The van der Waals surface area contributed by atoms with Crippen LogP contribution in [0, 0.1) is 11.8 Å². The van der Waals surface area contributed by atoms with Crippen molar-refractivity contribution in [2.75, 3.05) is 18.1 Å². The van der Waals surface area contributed by atoms with Crippen LogP contribution < -0.4 is 4.90 Å². The first-order valence-corrected chi connectivity index (χ1v) is 11.6. The fourth-order valence-electron chi connectivity index (χ4n) is 6.16. The van der Waals surface area contributed by atoms with Gasteiger partial charge in [-0.05, 0) is 42.7 Å². The van der Waals surface area contributed by atoms with Gasteiger partial charge in [0.15, 0.2) is 0 Å². The van der Waals surface area contributed by atoms with Crippen LogP contribution in [0.2, 0.25) is 0 Å². The lowest BCUT2D eigenvalue weighted by molar-refractivity contribution is -0.150. The lowest BCUT2D eigenvalue weighted by Crippen LogP contribution is -2.58. The maximum Gasteiger partial charge on any atom is 0.310 e. The summed E-state index contributed by atoms with van der Waals surface area (Å²) in [4.78, 5) is 42.8. The summed E-state index contributed by atoms with van der Waals surface area (Å²) in [7, 11) is 0. The van der Waals surface area contributed by atoms with Crippen LogP contribution in [0.3, 0.4) is 0 Å². The maximum absolute atomic E-state index is 14.2. The number of carboxylic acid groups (broad SMARTS) is 1. The standard InChI is InChI=1S/C26H28N2O6/c1-3-12-27(18-9-8-16-6-4-5-7-17(16)13-18)24(31)22-26-11-10-19(34-26)20(25(32)33)21(26)23(30)28(22)15(2)14-29/h3-9,13,15,19-22,29H,1,10-12,14H2,2H3,(H,32,33)/t15-,19+,20-,21-,22+,26-/m1/s1. The largest absolute Gasteiger partial charge is 0.481 e. The molecular formula is C26H28N2O6. The molecule has 6 atom stereocenters. The summed E-state index contributed by atoms with van der Waals surface area (Å²) in [5, 5.41) is 21.8. The first-order chi connectivity index (χ1) is 16.3. The van der Waals surface area contributed by atoms with Gasteiger partial charge in [0, 0.05) is 12.2 Å².